The maximum atomic E-state index is 12.9. The molecule has 2 unspecified atom stereocenters. The van der Waals surface area contributed by atoms with Gasteiger partial charge in [0.05, 0.1) is 17.3 Å². The highest BCUT2D eigenvalue weighted by Crippen LogP contribution is 2.75. The van der Waals surface area contributed by atoms with Crippen molar-refractivity contribution in [1.82, 2.24) is 0 Å². The lowest BCUT2D eigenvalue weighted by Gasteiger charge is -2.69. The van der Waals surface area contributed by atoms with Gasteiger partial charge in [-0.15, -0.1) is 0 Å². The van der Waals surface area contributed by atoms with Gasteiger partial charge in [-0.25, -0.2) is 0 Å². The number of hydrogen-bond donors (Lipinski definition) is 1. The molecule has 5 aliphatic rings. The highest BCUT2D eigenvalue weighted by atomic mass is 16.5. The van der Waals surface area contributed by atoms with Crippen molar-refractivity contribution in [2.24, 2.45) is 45.3 Å². The number of aliphatic hydroxyl groups is 1. The third-order valence-corrected chi connectivity index (χ3v) is 13.0. The number of fused-ring (bicyclic) bond motifs is 5. The summed E-state index contributed by atoms with van der Waals surface area (Å²) in [7, 11) is 0. The van der Waals surface area contributed by atoms with Crippen LogP contribution in [0.1, 0.15) is 120 Å². The van der Waals surface area contributed by atoms with Crippen molar-refractivity contribution >= 4 is 5.78 Å². The molecule has 0 bridgehead atoms. The summed E-state index contributed by atoms with van der Waals surface area (Å²) in [6, 6.07) is 0. The number of ketones is 1. The summed E-state index contributed by atoms with van der Waals surface area (Å²) in [6.45, 7) is 18.5. The predicted octanol–water partition coefficient (Wildman–Crippen LogP) is 6.95. The maximum absolute atomic E-state index is 12.9. The average molecular weight is 459 g/mol. The van der Waals surface area contributed by atoms with E-state index in [2.05, 4.69) is 41.5 Å². The second-order valence-corrected chi connectivity index (χ2v) is 15.1. The van der Waals surface area contributed by atoms with Crippen LogP contribution in [0.3, 0.4) is 0 Å². The molecule has 3 nitrogen and oxygen atoms in total. The lowest BCUT2D eigenvalue weighted by molar-refractivity contribution is -0.210. The monoisotopic (exact) mass is 458 g/mol. The summed E-state index contributed by atoms with van der Waals surface area (Å²) in [6.07, 6.45) is 11.6. The molecule has 0 aromatic rings. The summed E-state index contributed by atoms with van der Waals surface area (Å²) in [5.41, 5.74) is -0.0493. The molecule has 0 aromatic carbocycles. The lowest BCUT2D eigenvalue weighted by atomic mass is 9.35. The lowest BCUT2D eigenvalue weighted by Crippen LogP contribution is -2.63. The third-order valence-electron chi connectivity index (χ3n) is 13.0. The minimum atomic E-state index is -0.762. The molecule has 0 amide bonds. The van der Waals surface area contributed by atoms with Crippen LogP contribution in [-0.4, -0.2) is 28.2 Å². The first kappa shape index (κ1) is 24.3. The van der Waals surface area contributed by atoms with Gasteiger partial charge in [-0.1, -0.05) is 34.6 Å². The summed E-state index contributed by atoms with van der Waals surface area (Å²) < 4.78 is 6.72. The molecule has 3 heteroatoms. The van der Waals surface area contributed by atoms with Gasteiger partial charge in [0.1, 0.15) is 5.78 Å². The van der Waals surface area contributed by atoms with Gasteiger partial charge in [-0.2, -0.15) is 0 Å². The number of carbonyl (C=O) groups is 1. The molecule has 33 heavy (non-hydrogen) atoms. The normalized spacial score (nSPS) is 54.0. The van der Waals surface area contributed by atoms with Gasteiger partial charge in [0.25, 0.3) is 0 Å². The van der Waals surface area contributed by atoms with E-state index in [1.807, 2.05) is 13.8 Å². The Bertz CT molecular complexity index is 825. The Morgan fingerprint density at radius 2 is 1.45 bits per heavy atom. The zero-order valence-corrected chi connectivity index (χ0v) is 22.7. The van der Waals surface area contributed by atoms with E-state index in [1.54, 1.807) is 0 Å². The Hall–Kier alpha value is -0.410. The molecule has 4 saturated carbocycles. The molecular formula is C30H50O3. The first-order valence-electron chi connectivity index (χ1n) is 14.0. The Kier molecular flexibility index (Phi) is 5.22. The quantitative estimate of drug-likeness (QED) is 0.487. The molecule has 9 atom stereocenters. The second-order valence-electron chi connectivity index (χ2n) is 15.1. The Balaban J connectivity index is 1.45. The molecule has 5 fully saturated rings. The second kappa shape index (κ2) is 7.09. The van der Waals surface area contributed by atoms with Crippen LogP contribution in [0.4, 0.5) is 0 Å². The molecule has 1 heterocycles. The van der Waals surface area contributed by atoms with Gasteiger partial charge in [0, 0.05) is 11.8 Å². The highest BCUT2D eigenvalue weighted by Gasteiger charge is 2.70. The first-order valence-corrected chi connectivity index (χ1v) is 14.0. The molecule has 1 aliphatic heterocycles. The van der Waals surface area contributed by atoms with E-state index in [0.717, 1.165) is 31.6 Å². The van der Waals surface area contributed by atoms with Crippen LogP contribution in [0.25, 0.3) is 0 Å². The summed E-state index contributed by atoms with van der Waals surface area (Å²) in [5, 5.41) is 10.6. The van der Waals surface area contributed by atoms with Crippen LogP contribution in [0.5, 0.6) is 0 Å². The van der Waals surface area contributed by atoms with Crippen molar-refractivity contribution in [2.75, 3.05) is 0 Å². The smallest absolute Gasteiger partial charge is 0.138 e. The Labute approximate surface area is 202 Å². The van der Waals surface area contributed by atoms with Crippen molar-refractivity contribution in [3.8, 4) is 0 Å². The van der Waals surface area contributed by atoms with Crippen LogP contribution in [0.15, 0.2) is 0 Å². The fourth-order valence-corrected chi connectivity index (χ4v) is 10.9. The Morgan fingerprint density at radius 3 is 2.09 bits per heavy atom. The largest absolute Gasteiger partial charge is 0.388 e. The average Bonchev–Trinajstić information content (AvgIpc) is 3.27. The Morgan fingerprint density at radius 1 is 0.788 bits per heavy atom. The van der Waals surface area contributed by atoms with Crippen LogP contribution in [0, 0.1) is 45.3 Å². The molecule has 4 aliphatic carbocycles. The van der Waals surface area contributed by atoms with Gasteiger partial charge in [-0.05, 0) is 118 Å². The van der Waals surface area contributed by atoms with Gasteiger partial charge in [0.2, 0.25) is 0 Å². The third kappa shape index (κ3) is 3.09. The standard InChI is InChI=1S/C30H50O3/c1-25(2)21-12-17-29(7)22(27(21,5)15-13-23(25)31)10-9-19-20(11-16-28(19,29)6)30(8)18-14-24(33-30)26(3,4)32/h19-22,24,32H,9-18H2,1-8H3/t19-,20+,21+,22?,24?,27+,28-,29-,30-/m1/s1. The zero-order chi connectivity index (χ0) is 24.2. The molecule has 1 N–H and O–H groups in total. The number of hydrogen-bond acceptors (Lipinski definition) is 3. The predicted molar refractivity (Wildman–Crippen MR) is 133 cm³/mol. The molecule has 0 aromatic heterocycles. The van der Waals surface area contributed by atoms with Gasteiger partial charge in [-0.3, -0.25) is 4.79 Å². The fourth-order valence-electron chi connectivity index (χ4n) is 10.9. The molecule has 188 valence electrons. The summed E-state index contributed by atoms with van der Waals surface area (Å²) in [5.74, 6) is 3.06. The topological polar surface area (TPSA) is 46.5 Å². The van der Waals surface area contributed by atoms with E-state index in [4.69, 9.17) is 4.74 Å². The van der Waals surface area contributed by atoms with E-state index in [1.165, 1.54) is 38.5 Å². The van der Waals surface area contributed by atoms with Crippen LogP contribution in [0.2, 0.25) is 0 Å². The van der Waals surface area contributed by atoms with Crippen molar-refractivity contribution in [1.29, 1.82) is 0 Å². The number of carbonyl (C=O) groups excluding carboxylic acids is 1. The molecule has 0 radical (unpaired) electrons. The summed E-state index contributed by atoms with van der Waals surface area (Å²) >= 11 is 0. The van der Waals surface area contributed by atoms with Crippen molar-refractivity contribution < 1.29 is 14.6 Å². The molecular weight excluding hydrogens is 408 g/mol. The van der Waals surface area contributed by atoms with Crippen LogP contribution >= 0.6 is 0 Å². The first-order chi connectivity index (χ1) is 15.1. The minimum Gasteiger partial charge on any atom is -0.388 e. The highest BCUT2D eigenvalue weighted by molar-refractivity contribution is 5.85. The number of ether oxygens (including phenoxy) is 1. The van der Waals surface area contributed by atoms with E-state index in [9.17, 15) is 9.90 Å². The van der Waals surface area contributed by atoms with Gasteiger partial charge in [0.15, 0.2) is 0 Å². The van der Waals surface area contributed by atoms with E-state index in [-0.39, 0.29) is 22.5 Å². The fraction of sp³-hybridized carbons (Fsp3) is 0.967. The van der Waals surface area contributed by atoms with Crippen LogP contribution < -0.4 is 0 Å². The molecule has 0 spiro atoms. The molecule has 5 rings (SSSR count). The number of Topliss-reactive ketones (excluding diaryl/α,β-unsaturated/α-hetero) is 1. The van der Waals surface area contributed by atoms with Gasteiger partial charge >= 0.3 is 0 Å². The SMILES string of the molecule is CC(C)(O)C1CC[C@](C)([C@H]2CC[C@]3(C)[C@@H]2CCC2[C@@]4(C)CCC(=O)C(C)(C)[C@@H]4CC[C@]23C)O1. The van der Waals surface area contributed by atoms with Gasteiger partial charge < -0.3 is 9.84 Å². The molecule has 1 saturated heterocycles. The van der Waals surface area contributed by atoms with E-state index >= 15 is 0 Å². The maximum Gasteiger partial charge on any atom is 0.138 e. The van der Waals surface area contributed by atoms with Crippen LogP contribution in [-0.2, 0) is 9.53 Å². The van der Waals surface area contributed by atoms with Crippen molar-refractivity contribution in [2.45, 2.75) is 137 Å². The summed E-state index contributed by atoms with van der Waals surface area (Å²) in [4.78, 5) is 12.9. The van der Waals surface area contributed by atoms with E-state index < -0.39 is 5.60 Å². The zero-order valence-electron chi connectivity index (χ0n) is 22.7. The van der Waals surface area contributed by atoms with Crippen molar-refractivity contribution in [3.05, 3.63) is 0 Å². The van der Waals surface area contributed by atoms with E-state index in [0.29, 0.717) is 34.4 Å². The van der Waals surface area contributed by atoms with Crippen molar-refractivity contribution in [3.63, 3.8) is 0 Å². The minimum absolute atomic E-state index is 0.0439. The number of rotatable bonds is 2.